The van der Waals surface area contributed by atoms with Crippen LogP contribution in [0.2, 0.25) is 0 Å². The second-order valence-electron chi connectivity index (χ2n) is 5.74. The summed E-state index contributed by atoms with van der Waals surface area (Å²) < 4.78 is 0. The molecule has 2 atom stereocenters. The van der Waals surface area contributed by atoms with Crippen LogP contribution in [0.3, 0.4) is 0 Å². The Kier molecular flexibility index (Phi) is 5.17. The minimum absolute atomic E-state index is 0.0344. The Labute approximate surface area is 120 Å². The third-order valence-corrected chi connectivity index (χ3v) is 4.37. The molecule has 1 aromatic rings. The average Bonchev–Trinajstić information content (AvgIpc) is 2.72. The van der Waals surface area contributed by atoms with Crippen molar-refractivity contribution in [3.05, 3.63) is 17.0 Å². The highest BCUT2D eigenvalue weighted by Gasteiger charge is 2.24. The molecule has 1 aliphatic rings. The summed E-state index contributed by atoms with van der Waals surface area (Å²) in [6.45, 7) is 4.06. The lowest BCUT2D eigenvalue weighted by molar-refractivity contribution is 0.0885. The highest BCUT2D eigenvalue weighted by molar-refractivity contribution is 5.94. The first kappa shape index (κ1) is 15.0. The number of aliphatic hydroxyl groups is 1. The van der Waals surface area contributed by atoms with Crippen LogP contribution >= 0.6 is 0 Å². The van der Waals surface area contributed by atoms with Crippen molar-refractivity contribution in [3.8, 4) is 0 Å². The zero-order valence-corrected chi connectivity index (χ0v) is 12.4. The van der Waals surface area contributed by atoms with Crippen molar-refractivity contribution in [2.75, 3.05) is 6.61 Å². The summed E-state index contributed by atoms with van der Waals surface area (Å²) in [6.07, 6.45) is 6.29. The topological polar surface area (TPSA) is 78.0 Å². The second kappa shape index (κ2) is 6.88. The lowest BCUT2D eigenvalue weighted by Gasteiger charge is -2.21. The zero-order valence-electron chi connectivity index (χ0n) is 12.4. The van der Waals surface area contributed by atoms with E-state index in [1.54, 1.807) is 0 Å². The van der Waals surface area contributed by atoms with Gasteiger partial charge in [-0.25, -0.2) is 0 Å². The Bertz CT molecular complexity index is 456. The molecule has 2 unspecified atom stereocenters. The van der Waals surface area contributed by atoms with E-state index in [0.717, 1.165) is 43.4 Å². The van der Waals surface area contributed by atoms with Crippen LogP contribution in [0.1, 0.15) is 61.3 Å². The number of hydrogen-bond acceptors (Lipinski definition) is 3. The van der Waals surface area contributed by atoms with E-state index < -0.39 is 0 Å². The van der Waals surface area contributed by atoms with Gasteiger partial charge in [-0.15, -0.1) is 0 Å². The number of amides is 1. The average molecular weight is 279 g/mol. The number of rotatable bonds is 5. The molecule has 0 aromatic carbocycles. The van der Waals surface area contributed by atoms with Crippen molar-refractivity contribution in [2.45, 2.75) is 58.4 Å². The van der Waals surface area contributed by atoms with Crippen LogP contribution < -0.4 is 5.32 Å². The van der Waals surface area contributed by atoms with Crippen molar-refractivity contribution < 1.29 is 9.90 Å². The molecule has 0 aliphatic heterocycles. The fourth-order valence-corrected chi connectivity index (χ4v) is 2.73. The van der Waals surface area contributed by atoms with Crippen molar-refractivity contribution >= 4 is 5.91 Å². The van der Waals surface area contributed by atoms with Crippen LogP contribution in [0, 0.1) is 5.92 Å². The molecule has 112 valence electrons. The molecule has 1 amide bonds. The van der Waals surface area contributed by atoms with Crippen LogP contribution in [0.15, 0.2) is 0 Å². The number of aryl methyl sites for hydroxylation is 1. The fraction of sp³-hybridized carbons (Fsp3) is 0.733. The van der Waals surface area contributed by atoms with E-state index in [0.29, 0.717) is 5.69 Å². The van der Waals surface area contributed by atoms with E-state index in [-0.39, 0.29) is 24.5 Å². The highest BCUT2D eigenvalue weighted by Crippen LogP contribution is 2.21. The molecule has 1 heterocycles. The minimum Gasteiger partial charge on any atom is -0.394 e. The molecule has 5 nitrogen and oxygen atoms in total. The largest absolute Gasteiger partial charge is 0.394 e. The third-order valence-electron chi connectivity index (χ3n) is 4.37. The Hall–Kier alpha value is -1.36. The molecule has 0 bridgehead atoms. The number of aliphatic hydroxyl groups excluding tert-OH is 1. The van der Waals surface area contributed by atoms with Gasteiger partial charge in [-0.1, -0.05) is 26.7 Å². The minimum atomic E-state index is -0.203. The van der Waals surface area contributed by atoms with E-state index in [4.69, 9.17) is 0 Å². The van der Waals surface area contributed by atoms with E-state index in [1.165, 1.54) is 6.42 Å². The number of nitrogens with one attached hydrogen (secondary N) is 2. The summed E-state index contributed by atoms with van der Waals surface area (Å²) in [4.78, 5) is 12.4. The van der Waals surface area contributed by atoms with Crippen molar-refractivity contribution in [3.63, 3.8) is 0 Å². The van der Waals surface area contributed by atoms with Gasteiger partial charge in [0.2, 0.25) is 0 Å². The van der Waals surface area contributed by atoms with E-state index in [1.807, 2.05) is 6.92 Å². The maximum Gasteiger partial charge on any atom is 0.272 e. The Morgan fingerprint density at radius 3 is 2.85 bits per heavy atom. The van der Waals surface area contributed by atoms with E-state index >= 15 is 0 Å². The van der Waals surface area contributed by atoms with Gasteiger partial charge in [-0.2, -0.15) is 5.10 Å². The summed E-state index contributed by atoms with van der Waals surface area (Å²) in [5, 5.41) is 19.5. The van der Waals surface area contributed by atoms with Gasteiger partial charge in [0, 0.05) is 11.3 Å². The number of H-pyrrole nitrogens is 1. The molecule has 0 spiro atoms. The van der Waals surface area contributed by atoms with Crippen molar-refractivity contribution in [1.29, 1.82) is 0 Å². The molecule has 5 heteroatoms. The first-order valence-electron chi connectivity index (χ1n) is 7.65. The Morgan fingerprint density at radius 1 is 1.40 bits per heavy atom. The van der Waals surface area contributed by atoms with Gasteiger partial charge in [0.1, 0.15) is 0 Å². The van der Waals surface area contributed by atoms with Gasteiger partial charge in [0.05, 0.1) is 12.6 Å². The fourth-order valence-electron chi connectivity index (χ4n) is 2.73. The normalized spacial score (nSPS) is 17.9. The van der Waals surface area contributed by atoms with E-state index in [2.05, 4.69) is 22.4 Å². The molecular formula is C15H25N3O2. The summed E-state index contributed by atoms with van der Waals surface area (Å²) in [5.41, 5.74) is 2.70. The van der Waals surface area contributed by atoms with Gasteiger partial charge in [0.15, 0.2) is 5.69 Å². The molecule has 1 aliphatic carbocycles. The maximum atomic E-state index is 12.4. The van der Waals surface area contributed by atoms with Gasteiger partial charge in [0.25, 0.3) is 5.91 Å². The standard InChI is InChI=1S/C15H25N3O2/c1-3-10(2)13(9-19)16-15(20)14-11-7-5-4-6-8-12(11)17-18-14/h10,13,19H,3-9H2,1-2H3,(H,16,20)(H,17,18). The van der Waals surface area contributed by atoms with Gasteiger partial charge in [-0.3, -0.25) is 9.89 Å². The smallest absolute Gasteiger partial charge is 0.272 e. The summed E-state index contributed by atoms with van der Waals surface area (Å²) in [6, 6.07) is -0.203. The molecular weight excluding hydrogens is 254 g/mol. The van der Waals surface area contributed by atoms with Gasteiger partial charge >= 0.3 is 0 Å². The Balaban J connectivity index is 2.11. The van der Waals surface area contributed by atoms with Crippen LogP contribution in [0.25, 0.3) is 0 Å². The number of fused-ring (bicyclic) bond motifs is 1. The number of carbonyl (C=O) groups is 1. The Morgan fingerprint density at radius 2 is 2.15 bits per heavy atom. The first-order chi connectivity index (χ1) is 9.67. The number of hydrogen-bond donors (Lipinski definition) is 3. The lowest BCUT2D eigenvalue weighted by Crippen LogP contribution is -2.42. The van der Waals surface area contributed by atoms with Crippen LogP contribution in [0.4, 0.5) is 0 Å². The number of nitrogens with zero attached hydrogens (tertiary/aromatic N) is 1. The van der Waals surface area contributed by atoms with Crippen LogP contribution in [-0.2, 0) is 12.8 Å². The first-order valence-corrected chi connectivity index (χ1v) is 7.65. The van der Waals surface area contributed by atoms with Gasteiger partial charge < -0.3 is 10.4 Å². The molecule has 0 radical (unpaired) electrons. The monoisotopic (exact) mass is 279 g/mol. The SMILES string of the molecule is CCC(C)C(CO)NC(=O)c1n[nH]c2c1CCCCC2. The van der Waals surface area contributed by atoms with Crippen molar-refractivity contribution in [2.24, 2.45) is 5.92 Å². The molecule has 20 heavy (non-hydrogen) atoms. The third kappa shape index (κ3) is 3.20. The van der Waals surface area contributed by atoms with Crippen molar-refractivity contribution in [1.82, 2.24) is 15.5 Å². The zero-order chi connectivity index (χ0) is 14.5. The van der Waals surface area contributed by atoms with Crippen LogP contribution in [-0.4, -0.2) is 33.9 Å². The summed E-state index contributed by atoms with van der Waals surface area (Å²) in [7, 11) is 0. The molecule has 2 rings (SSSR count). The summed E-state index contributed by atoms with van der Waals surface area (Å²) >= 11 is 0. The molecule has 0 saturated carbocycles. The number of aromatic amines is 1. The maximum absolute atomic E-state index is 12.4. The molecule has 0 fully saturated rings. The number of aromatic nitrogens is 2. The summed E-state index contributed by atoms with van der Waals surface area (Å²) in [5.74, 6) is 0.0882. The quantitative estimate of drug-likeness (QED) is 0.719. The second-order valence-corrected chi connectivity index (χ2v) is 5.74. The molecule has 3 N–H and O–H groups in total. The predicted octanol–water partition coefficient (Wildman–Crippen LogP) is 1.82. The highest BCUT2D eigenvalue weighted by atomic mass is 16.3. The van der Waals surface area contributed by atoms with Gasteiger partial charge in [-0.05, 0) is 31.6 Å². The predicted molar refractivity (Wildman–Crippen MR) is 77.6 cm³/mol. The molecule has 0 saturated heterocycles. The van der Waals surface area contributed by atoms with Crippen LogP contribution in [0.5, 0.6) is 0 Å². The lowest BCUT2D eigenvalue weighted by atomic mass is 9.99. The van der Waals surface area contributed by atoms with E-state index in [9.17, 15) is 9.90 Å². The number of carbonyl (C=O) groups excluding carboxylic acids is 1. The molecule has 1 aromatic heterocycles.